The number of nitrogens with one attached hydrogen (secondary N) is 1. The van der Waals surface area contributed by atoms with E-state index < -0.39 is 0 Å². The van der Waals surface area contributed by atoms with Gasteiger partial charge >= 0.3 is 0 Å². The number of ether oxygens (including phenoxy) is 1. The third kappa shape index (κ3) is 3.21. The quantitative estimate of drug-likeness (QED) is 0.334. The molecule has 5 nitrogen and oxygen atoms in total. The third-order valence-electron chi connectivity index (χ3n) is 1.37. The lowest BCUT2D eigenvalue weighted by Crippen LogP contribution is -2.19. The summed E-state index contributed by atoms with van der Waals surface area (Å²) in [5, 5.41) is 7.66. The van der Waals surface area contributed by atoms with Gasteiger partial charge in [-0.05, 0) is 13.2 Å². The molecule has 0 aromatic carbocycles. The molecule has 0 atom stereocenters. The van der Waals surface area contributed by atoms with E-state index in [2.05, 4.69) is 9.97 Å². The van der Waals surface area contributed by atoms with Crippen molar-refractivity contribution in [3.63, 3.8) is 0 Å². The second-order valence-corrected chi connectivity index (χ2v) is 3.42. The monoisotopic (exact) mass is 212 g/mol. The zero-order valence-electron chi connectivity index (χ0n) is 8.07. The Hall–Kier alpha value is -1.30. The Morgan fingerprint density at radius 2 is 2.36 bits per heavy atom. The average molecular weight is 212 g/mol. The molecule has 0 spiro atoms. The van der Waals surface area contributed by atoms with Crippen LogP contribution in [0.1, 0.15) is 5.69 Å². The van der Waals surface area contributed by atoms with Gasteiger partial charge in [-0.2, -0.15) is 4.98 Å². The first-order valence-electron chi connectivity index (χ1n) is 3.97. The van der Waals surface area contributed by atoms with Gasteiger partial charge in [0, 0.05) is 11.8 Å². The molecule has 0 bridgehead atoms. The molecule has 1 rings (SSSR count). The second kappa shape index (κ2) is 4.80. The van der Waals surface area contributed by atoms with E-state index >= 15 is 0 Å². The predicted molar refractivity (Wildman–Crippen MR) is 56.0 cm³/mol. The maximum Gasteiger partial charge on any atom is 0.218 e. The molecule has 1 aromatic rings. The number of amidine groups is 1. The van der Waals surface area contributed by atoms with Crippen molar-refractivity contribution in [3.8, 4) is 5.88 Å². The first-order chi connectivity index (χ1) is 6.61. The van der Waals surface area contributed by atoms with Crippen LogP contribution in [-0.4, -0.2) is 28.7 Å². The van der Waals surface area contributed by atoms with Crippen LogP contribution in [0.2, 0.25) is 0 Å². The normalized spacial score (nSPS) is 9.86. The summed E-state index contributed by atoms with van der Waals surface area (Å²) in [7, 11) is 0. The van der Waals surface area contributed by atoms with Crippen LogP contribution in [0.15, 0.2) is 11.2 Å². The molecule has 3 N–H and O–H groups in total. The largest absolute Gasteiger partial charge is 0.469 e. The first-order valence-corrected chi connectivity index (χ1v) is 5.19. The Kier molecular flexibility index (Phi) is 3.70. The summed E-state index contributed by atoms with van der Waals surface area (Å²) < 4.78 is 5.18. The minimum Gasteiger partial charge on any atom is -0.469 e. The Labute approximate surface area is 86.6 Å². The van der Waals surface area contributed by atoms with Gasteiger partial charge < -0.3 is 10.5 Å². The SMILES string of the molecule is CSc1nc(C)cc(OCC(=N)N)n1. The highest BCUT2D eigenvalue weighted by Gasteiger charge is 2.02. The van der Waals surface area contributed by atoms with Gasteiger partial charge in [-0.15, -0.1) is 0 Å². The fourth-order valence-corrected chi connectivity index (χ4v) is 1.25. The number of rotatable bonds is 4. The molecule has 0 unspecified atom stereocenters. The van der Waals surface area contributed by atoms with Crippen molar-refractivity contribution in [1.82, 2.24) is 9.97 Å². The molecule has 1 aromatic heterocycles. The molecule has 1 heterocycles. The van der Waals surface area contributed by atoms with Gasteiger partial charge in [0.05, 0.1) is 0 Å². The molecule has 0 aliphatic rings. The molecule has 76 valence electrons. The molecular weight excluding hydrogens is 200 g/mol. The number of nitrogens with zero attached hydrogens (tertiary/aromatic N) is 2. The molecule has 0 saturated heterocycles. The first kappa shape index (κ1) is 10.8. The van der Waals surface area contributed by atoms with E-state index in [-0.39, 0.29) is 12.4 Å². The molecule has 0 aliphatic carbocycles. The minimum atomic E-state index is -0.0213. The Balaban J connectivity index is 2.76. The van der Waals surface area contributed by atoms with Crippen molar-refractivity contribution in [2.45, 2.75) is 12.1 Å². The molecule has 0 fully saturated rings. The highest BCUT2D eigenvalue weighted by molar-refractivity contribution is 7.98. The van der Waals surface area contributed by atoms with E-state index in [9.17, 15) is 0 Å². The van der Waals surface area contributed by atoms with Crippen LogP contribution >= 0.6 is 11.8 Å². The molecule has 14 heavy (non-hydrogen) atoms. The lowest BCUT2D eigenvalue weighted by molar-refractivity contribution is 0.354. The number of aromatic nitrogens is 2. The Bertz CT molecular complexity index is 342. The summed E-state index contributed by atoms with van der Waals surface area (Å²) >= 11 is 1.44. The van der Waals surface area contributed by atoms with Crippen molar-refractivity contribution in [2.24, 2.45) is 5.73 Å². The van der Waals surface area contributed by atoms with E-state index in [1.54, 1.807) is 6.07 Å². The third-order valence-corrected chi connectivity index (χ3v) is 1.92. The van der Waals surface area contributed by atoms with Crippen LogP contribution < -0.4 is 10.5 Å². The molecule has 0 radical (unpaired) electrons. The Morgan fingerprint density at radius 3 is 2.93 bits per heavy atom. The van der Waals surface area contributed by atoms with E-state index in [1.807, 2.05) is 13.2 Å². The van der Waals surface area contributed by atoms with Crippen molar-refractivity contribution in [3.05, 3.63) is 11.8 Å². The summed E-state index contributed by atoms with van der Waals surface area (Å²) in [6.07, 6.45) is 1.89. The highest BCUT2D eigenvalue weighted by Crippen LogP contribution is 2.14. The van der Waals surface area contributed by atoms with Crippen LogP contribution in [0, 0.1) is 12.3 Å². The van der Waals surface area contributed by atoms with E-state index in [4.69, 9.17) is 15.9 Å². The second-order valence-electron chi connectivity index (χ2n) is 2.65. The summed E-state index contributed by atoms with van der Waals surface area (Å²) in [6.45, 7) is 1.92. The van der Waals surface area contributed by atoms with E-state index in [1.165, 1.54) is 11.8 Å². The van der Waals surface area contributed by atoms with Crippen molar-refractivity contribution >= 4 is 17.6 Å². The smallest absolute Gasteiger partial charge is 0.218 e. The summed E-state index contributed by atoms with van der Waals surface area (Å²) in [6, 6.07) is 1.71. The fourth-order valence-electron chi connectivity index (χ4n) is 0.830. The topological polar surface area (TPSA) is 84.9 Å². The predicted octanol–water partition coefficient (Wildman–Crippen LogP) is 0.822. The van der Waals surface area contributed by atoms with Gasteiger partial charge in [-0.1, -0.05) is 11.8 Å². The van der Waals surface area contributed by atoms with Crippen LogP contribution in [0.3, 0.4) is 0 Å². The molecular formula is C8H12N4OS. The van der Waals surface area contributed by atoms with E-state index in [0.29, 0.717) is 11.0 Å². The van der Waals surface area contributed by atoms with Gasteiger partial charge in [0.1, 0.15) is 12.4 Å². The van der Waals surface area contributed by atoms with Gasteiger partial charge in [0.2, 0.25) is 5.88 Å². The number of aryl methyl sites for hydroxylation is 1. The average Bonchev–Trinajstić information content (AvgIpc) is 2.14. The van der Waals surface area contributed by atoms with Gasteiger partial charge in [-0.3, -0.25) is 5.41 Å². The van der Waals surface area contributed by atoms with Gasteiger partial charge in [0.15, 0.2) is 5.16 Å². The van der Waals surface area contributed by atoms with Crippen molar-refractivity contribution in [2.75, 3.05) is 12.9 Å². The highest BCUT2D eigenvalue weighted by atomic mass is 32.2. The number of thioether (sulfide) groups is 1. The number of hydrogen-bond acceptors (Lipinski definition) is 5. The van der Waals surface area contributed by atoms with Crippen LogP contribution in [0.4, 0.5) is 0 Å². The number of nitrogens with two attached hydrogens (primary N) is 1. The summed E-state index contributed by atoms with van der Waals surface area (Å²) in [5.74, 6) is 0.434. The lowest BCUT2D eigenvalue weighted by Gasteiger charge is -2.05. The van der Waals surface area contributed by atoms with Crippen LogP contribution in [0.5, 0.6) is 5.88 Å². The van der Waals surface area contributed by atoms with Gasteiger partial charge in [-0.25, -0.2) is 4.98 Å². The zero-order chi connectivity index (χ0) is 10.6. The molecule has 6 heteroatoms. The van der Waals surface area contributed by atoms with Crippen LogP contribution in [-0.2, 0) is 0 Å². The van der Waals surface area contributed by atoms with E-state index in [0.717, 1.165) is 5.69 Å². The zero-order valence-corrected chi connectivity index (χ0v) is 8.89. The standard InChI is InChI=1S/C8H12N4OS/c1-5-3-7(13-4-6(9)10)12-8(11-5)14-2/h3H,4H2,1-2H3,(H3,9,10). The molecule has 0 amide bonds. The molecule has 0 aliphatic heterocycles. The number of hydrogen-bond donors (Lipinski definition) is 2. The van der Waals surface area contributed by atoms with Crippen molar-refractivity contribution < 1.29 is 4.74 Å². The van der Waals surface area contributed by atoms with Gasteiger partial charge in [0.25, 0.3) is 0 Å². The summed E-state index contributed by atoms with van der Waals surface area (Å²) in [4.78, 5) is 8.27. The van der Waals surface area contributed by atoms with Crippen LogP contribution in [0.25, 0.3) is 0 Å². The maximum atomic E-state index is 7.00. The Morgan fingerprint density at radius 1 is 1.64 bits per heavy atom. The van der Waals surface area contributed by atoms with Crippen molar-refractivity contribution in [1.29, 1.82) is 5.41 Å². The summed E-state index contributed by atoms with van der Waals surface area (Å²) in [5.41, 5.74) is 5.99. The minimum absolute atomic E-state index is 0.0213. The molecule has 0 saturated carbocycles. The fraction of sp³-hybridized carbons (Fsp3) is 0.375. The lowest BCUT2D eigenvalue weighted by atomic mass is 10.4. The maximum absolute atomic E-state index is 7.00.